The van der Waals surface area contributed by atoms with Crippen LogP contribution in [0, 0.1) is 12.7 Å². The van der Waals surface area contributed by atoms with Gasteiger partial charge in [0.1, 0.15) is 17.5 Å². The number of piperidine rings is 1. The average molecular weight is 415 g/mol. The van der Waals surface area contributed by atoms with Crippen molar-refractivity contribution in [2.75, 3.05) is 18.4 Å². The first-order chi connectivity index (χ1) is 14.4. The number of anilines is 1. The van der Waals surface area contributed by atoms with E-state index in [1.54, 1.807) is 20.0 Å². The van der Waals surface area contributed by atoms with Crippen molar-refractivity contribution in [3.8, 4) is 0 Å². The summed E-state index contributed by atoms with van der Waals surface area (Å²) >= 11 is 0. The van der Waals surface area contributed by atoms with Gasteiger partial charge in [0.25, 0.3) is 6.43 Å². The van der Waals surface area contributed by atoms with Crippen molar-refractivity contribution in [3.05, 3.63) is 58.9 Å². The van der Waals surface area contributed by atoms with Gasteiger partial charge in [-0.25, -0.2) is 23.1 Å². The molecular formula is C22H24F3N5. The molecule has 5 nitrogen and oxygen atoms in total. The van der Waals surface area contributed by atoms with E-state index >= 15 is 0 Å². The fraction of sp³-hybridized carbons (Fsp3) is 0.409. The molecule has 0 bridgehead atoms. The van der Waals surface area contributed by atoms with Gasteiger partial charge in [0.05, 0.1) is 23.3 Å². The van der Waals surface area contributed by atoms with Crippen molar-refractivity contribution in [1.29, 1.82) is 0 Å². The van der Waals surface area contributed by atoms with Crippen molar-refractivity contribution >= 4 is 16.7 Å². The number of hydrogen-bond acceptors (Lipinski definition) is 5. The van der Waals surface area contributed by atoms with Gasteiger partial charge in [-0.1, -0.05) is 18.2 Å². The van der Waals surface area contributed by atoms with Crippen LogP contribution in [0.4, 0.5) is 19.0 Å². The Hall–Kier alpha value is -2.74. The summed E-state index contributed by atoms with van der Waals surface area (Å²) < 4.78 is 40.8. The molecular weight excluding hydrogens is 391 g/mol. The maximum Gasteiger partial charge on any atom is 0.266 e. The predicted molar refractivity (Wildman–Crippen MR) is 110 cm³/mol. The monoisotopic (exact) mass is 415 g/mol. The van der Waals surface area contributed by atoms with Crippen molar-refractivity contribution in [1.82, 2.24) is 20.3 Å². The van der Waals surface area contributed by atoms with E-state index in [2.05, 4.69) is 25.6 Å². The van der Waals surface area contributed by atoms with Gasteiger partial charge in [0.2, 0.25) is 0 Å². The molecule has 0 saturated carbocycles. The molecule has 0 aliphatic carbocycles. The molecule has 8 heteroatoms. The molecule has 158 valence electrons. The smallest absolute Gasteiger partial charge is 0.266 e. The second-order valence-corrected chi connectivity index (χ2v) is 7.71. The van der Waals surface area contributed by atoms with Gasteiger partial charge in [-0.3, -0.25) is 4.98 Å². The quantitative estimate of drug-likeness (QED) is 0.611. The van der Waals surface area contributed by atoms with Crippen molar-refractivity contribution in [2.24, 2.45) is 0 Å². The SMILES string of the molecule is Cc1nc(N[C@H](C)c2cccc(C(F)F)c2F)c2cc([C@H]3CCCNC3)ncc2n1. The first kappa shape index (κ1) is 20.5. The minimum Gasteiger partial charge on any atom is -0.363 e. The minimum atomic E-state index is -2.86. The third-order valence-electron chi connectivity index (χ3n) is 5.54. The van der Waals surface area contributed by atoms with Crippen LogP contribution in [-0.2, 0) is 0 Å². The summed E-state index contributed by atoms with van der Waals surface area (Å²) in [7, 11) is 0. The van der Waals surface area contributed by atoms with E-state index in [9.17, 15) is 13.2 Å². The highest BCUT2D eigenvalue weighted by molar-refractivity contribution is 5.89. The molecule has 3 heterocycles. The Morgan fingerprint density at radius 3 is 2.73 bits per heavy atom. The second kappa shape index (κ2) is 8.55. The van der Waals surface area contributed by atoms with E-state index in [4.69, 9.17) is 0 Å². The first-order valence-electron chi connectivity index (χ1n) is 10.1. The highest BCUT2D eigenvalue weighted by Crippen LogP contribution is 2.31. The van der Waals surface area contributed by atoms with E-state index in [0.717, 1.165) is 43.1 Å². The van der Waals surface area contributed by atoms with Crippen molar-refractivity contribution in [3.63, 3.8) is 0 Å². The van der Waals surface area contributed by atoms with Crippen LogP contribution in [0.1, 0.15) is 60.8 Å². The fourth-order valence-electron chi connectivity index (χ4n) is 3.96. The van der Waals surface area contributed by atoms with Gasteiger partial charge in [-0.15, -0.1) is 0 Å². The number of benzene rings is 1. The van der Waals surface area contributed by atoms with Crippen LogP contribution in [0.2, 0.25) is 0 Å². The van der Waals surface area contributed by atoms with Gasteiger partial charge in [-0.2, -0.15) is 0 Å². The third-order valence-corrected chi connectivity index (χ3v) is 5.54. The number of fused-ring (bicyclic) bond motifs is 1. The number of aromatic nitrogens is 3. The molecule has 2 atom stereocenters. The van der Waals surface area contributed by atoms with E-state index in [1.807, 2.05) is 6.07 Å². The zero-order valence-corrected chi connectivity index (χ0v) is 16.9. The molecule has 2 N–H and O–H groups in total. The molecule has 3 aromatic rings. The van der Waals surface area contributed by atoms with Gasteiger partial charge in [-0.05, 0) is 39.3 Å². The molecule has 0 amide bonds. The second-order valence-electron chi connectivity index (χ2n) is 7.71. The molecule has 4 rings (SSSR count). The third kappa shape index (κ3) is 4.09. The molecule has 30 heavy (non-hydrogen) atoms. The molecule has 0 spiro atoms. The molecule has 0 unspecified atom stereocenters. The van der Waals surface area contributed by atoms with Crippen LogP contribution in [-0.4, -0.2) is 28.0 Å². The summed E-state index contributed by atoms with van der Waals surface area (Å²) in [6, 6.07) is 5.48. The number of pyridine rings is 1. The summed E-state index contributed by atoms with van der Waals surface area (Å²) in [5.74, 6) is 0.514. The number of nitrogens with one attached hydrogen (secondary N) is 2. The Morgan fingerprint density at radius 1 is 1.20 bits per heavy atom. The zero-order valence-electron chi connectivity index (χ0n) is 16.9. The van der Waals surface area contributed by atoms with E-state index < -0.39 is 23.8 Å². The van der Waals surface area contributed by atoms with Crippen LogP contribution in [0.15, 0.2) is 30.5 Å². The Bertz CT molecular complexity index is 1050. The first-order valence-corrected chi connectivity index (χ1v) is 10.1. The Kier molecular flexibility index (Phi) is 5.85. The summed E-state index contributed by atoms with van der Waals surface area (Å²) in [6.45, 7) is 5.38. The fourth-order valence-corrected chi connectivity index (χ4v) is 3.96. The summed E-state index contributed by atoms with van der Waals surface area (Å²) in [5.41, 5.74) is 1.22. The molecule has 0 radical (unpaired) electrons. The predicted octanol–water partition coefficient (Wildman–Crippen LogP) is 5.05. The number of nitrogens with zero attached hydrogens (tertiary/aromatic N) is 3. The van der Waals surface area contributed by atoms with Gasteiger partial charge >= 0.3 is 0 Å². The van der Waals surface area contributed by atoms with Crippen molar-refractivity contribution < 1.29 is 13.2 Å². The highest BCUT2D eigenvalue weighted by atomic mass is 19.3. The van der Waals surface area contributed by atoms with Crippen LogP contribution < -0.4 is 10.6 Å². The van der Waals surface area contributed by atoms with Crippen LogP contribution >= 0.6 is 0 Å². The van der Waals surface area contributed by atoms with Gasteiger partial charge < -0.3 is 10.6 Å². The maximum absolute atomic E-state index is 14.6. The standard InChI is InChI=1S/C22H24F3N5/c1-12(15-6-3-7-16(20(15)23)21(24)25)28-22-17-9-18(14-5-4-8-26-10-14)27-11-19(17)29-13(2)30-22/h3,6-7,9,11-12,14,21,26H,4-5,8,10H2,1-2H3,(H,28,29,30)/t12-,14+/m1/s1. The van der Waals surface area contributed by atoms with Gasteiger partial charge in [0, 0.05) is 29.1 Å². The number of hydrogen-bond donors (Lipinski definition) is 2. The summed E-state index contributed by atoms with van der Waals surface area (Å²) in [5, 5.41) is 7.37. The lowest BCUT2D eigenvalue weighted by molar-refractivity contribution is 0.146. The Labute approximate surface area is 173 Å². The van der Waals surface area contributed by atoms with E-state index in [1.165, 1.54) is 12.1 Å². The van der Waals surface area contributed by atoms with Crippen LogP contribution in [0.3, 0.4) is 0 Å². The average Bonchev–Trinajstić information content (AvgIpc) is 2.74. The number of halogens is 3. The van der Waals surface area contributed by atoms with Gasteiger partial charge in [0.15, 0.2) is 0 Å². The van der Waals surface area contributed by atoms with Crippen LogP contribution in [0.25, 0.3) is 10.9 Å². The Morgan fingerprint density at radius 2 is 2.00 bits per heavy atom. The lowest BCUT2D eigenvalue weighted by atomic mass is 9.95. The number of rotatable bonds is 5. The number of alkyl halides is 2. The molecule has 1 aromatic carbocycles. The molecule has 1 fully saturated rings. The maximum atomic E-state index is 14.6. The zero-order chi connectivity index (χ0) is 21.3. The van der Waals surface area contributed by atoms with E-state index in [-0.39, 0.29) is 5.56 Å². The summed E-state index contributed by atoms with van der Waals surface area (Å²) in [4.78, 5) is 13.6. The van der Waals surface area contributed by atoms with Crippen LogP contribution in [0.5, 0.6) is 0 Å². The summed E-state index contributed by atoms with van der Waals surface area (Å²) in [6.07, 6.45) is 1.03. The Balaban J connectivity index is 1.70. The van der Waals surface area contributed by atoms with E-state index in [0.29, 0.717) is 23.1 Å². The molecule has 1 saturated heterocycles. The lowest BCUT2D eigenvalue weighted by Gasteiger charge is -2.23. The number of aryl methyl sites for hydroxylation is 1. The molecule has 1 aliphatic rings. The van der Waals surface area contributed by atoms with Crippen molar-refractivity contribution in [2.45, 2.75) is 45.1 Å². The normalized spacial score (nSPS) is 18.0. The molecule has 1 aliphatic heterocycles. The lowest BCUT2D eigenvalue weighted by Crippen LogP contribution is -2.28. The topological polar surface area (TPSA) is 62.7 Å². The minimum absolute atomic E-state index is 0.169. The highest BCUT2D eigenvalue weighted by Gasteiger charge is 2.21. The molecule has 2 aromatic heterocycles. The largest absolute Gasteiger partial charge is 0.363 e.